The molecule has 0 radical (unpaired) electrons. The predicted octanol–water partition coefficient (Wildman–Crippen LogP) is 5.13. The molecule has 0 unspecified atom stereocenters. The summed E-state index contributed by atoms with van der Waals surface area (Å²) < 4.78 is 6.85. The third-order valence-electron chi connectivity index (χ3n) is 6.41. The second-order valence-electron chi connectivity index (χ2n) is 8.25. The fourth-order valence-corrected chi connectivity index (χ4v) is 4.93. The number of hydrogen-bond donors (Lipinski definition) is 1. The maximum atomic E-state index is 13.6. The van der Waals surface area contributed by atoms with Crippen molar-refractivity contribution in [3.8, 4) is 28.4 Å². The zero-order chi connectivity index (χ0) is 22.1. The van der Waals surface area contributed by atoms with Crippen LogP contribution in [0.25, 0.3) is 38.4 Å². The molecule has 0 saturated carbocycles. The van der Waals surface area contributed by atoms with Crippen molar-refractivity contribution >= 4 is 27.2 Å². The van der Waals surface area contributed by atoms with Gasteiger partial charge in [0.05, 0.1) is 23.8 Å². The summed E-state index contributed by atoms with van der Waals surface area (Å²) in [6, 6.07) is 19.2. The van der Waals surface area contributed by atoms with Crippen molar-refractivity contribution < 1.29 is 9.84 Å². The van der Waals surface area contributed by atoms with Gasteiger partial charge < -0.3 is 9.84 Å². The quantitative estimate of drug-likeness (QED) is 0.423. The summed E-state index contributed by atoms with van der Waals surface area (Å²) >= 11 is 0. The first-order valence-electron chi connectivity index (χ1n) is 10.5. The second kappa shape index (κ2) is 6.44. The fourth-order valence-electron chi connectivity index (χ4n) is 4.93. The first kappa shape index (κ1) is 18.6. The van der Waals surface area contributed by atoms with E-state index in [9.17, 15) is 9.90 Å². The number of aromatic nitrogens is 1. The van der Waals surface area contributed by atoms with Gasteiger partial charge in [0, 0.05) is 32.7 Å². The van der Waals surface area contributed by atoms with Gasteiger partial charge in [-0.25, -0.2) is 9.56 Å². The lowest BCUT2D eigenvalue weighted by Crippen LogP contribution is -2.21. The molecular weight excluding hydrogens is 400 g/mol. The van der Waals surface area contributed by atoms with E-state index in [1.807, 2.05) is 74.5 Å². The minimum absolute atomic E-state index is 0.0600. The smallest absolute Gasteiger partial charge is 0.265 e. The van der Waals surface area contributed by atoms with Gasteiger partial charge in [-0.05, 0) is 55.3 Å². The van der Waals surface area contributed by atoms with Crippen LogP contribution in [-0.4, -0.2) is 16.8 Å². The Bertz CT molecular complexity index is 1690. The summed E-state index contributed by atoms with van der Waals surface area (Å²) in [6.07, 6.45) is 0. The van der Waals surface area contributed by atoms with Crippen molar-refractivity contribution in [1.29, 1.82) is 0 Å². The number of pyridine rings is 1. The van der Waals surface area contributed by atoms with Crippen molar-refractivity contribution in [3.05, 3.63) is 87.5 Å². The van der Waals surface area contributed by atoms with Gasteiger partial charge in [-0.15, -0.1) is 0 Å². The number of hydrogen-bond acceptors (Lipinski definition) is 4. The molecule has 5 heteroatoms. The Kier molecular flexibility index (Phi) is 3.75. The van der Waals surface area contributed by atoms with Crippen molar-refractivity contribution in [2.24, 2.45) is 4.99 Å². The summed E-state index contributed by atoms with van der Waals surface area (Å²) in [6.45, 7) is 3.90. The van der Waals surface area contributed by atoms with Gasteiger partial charge in [0.1, 0.15) is 5.75 Å². The summed E-state index contributed by atoms with van der Waals surface area (Å²) in [4.78, 5) is 18.5. The molecule has 1 aliphatic heterocycles. The van der Waals surface area contributed by atoms with Gasteiger partial charge in [0.15, 0.2) is 0 Å². The van der Waals surface area contributed by atoms with Gasteiger partial charge in [-0.2, -0.15) is 0 Å². The number of methoxy groups -OCH3 is 1. The maximum absolute atomic E-state index is 13.6. The van der Waals surface area contributed by atoms with Gasteiger partial charge >= 0.3 is 0 Å². The van der Waals surface area contributed by atoms with E-state index < -0.39 is 0 Å². The molecule has 1 aliphatic rings. The molecule has 0 amide bonds. The molecule has 6 rings (SSSR count). The molecule has 0 bridgehead atoms. The van der Waals surface area contributed by atoms with Crippen LogP contribution in [0.1, 0.15) is 11.1 Å². The molecule has 5 aromatic rings. The van der Waals surface area contributed by atoms with Crippen LogP contribution in [0, 0.1) is 13.8 Å². The Morgan fingerprint density at radius 2 is 1.59 bits per heavy atom. The topological polar surface area (TPSA) is 63.8 Å². The number of nitrogens with zero attached hydrogens (tertiary/aromatic N) is 2. The van der Waals surface area contributed by atoms with Crippen molar-refractivity contribution in [2.45, 2.75) is 13.8 Å². The molecule has 4 aromatic carbocycles. The van der Waals surface area contributed by atoms with Crippen molar-refractivity contribution in [2.75, 3.05) is 7.11 Å². The number of fused-ring (bicyclic) bond motifs is 4. The molecule has 0 spiro atoms. The molecule has 32 heavy (non-hydrogen) atoms. The maximum Gasteiger partial charge on any atom is 0.265 e. The van der Waals surface area contributed by atoms with Crippen LogP contribution in [0.2, 0.25) is 0 Å². The third kappa shape index (κ3) is 2.33. The summed E-state index contributed by atoms with van der Waals surface area (Å²) in [5.41, 5.74) is 5.03. The van der Waals surface area contributed by atoms with E-state index >= 15 is 0 Å². The van der Waals surface area contributed by atoms with Gasteiger partial charge in [-0.3, -0.25) is 4.79 Å². The lowest BCUT2D eigenvalue weighted by atomic mass is 9.95. The van der Waals surface area contributed by atoms with E-state index in [2.05, 4.69) is 0 Å². The Morgan fingerprint density at radius 1 is 0.875 bits per heavy atom. The van der Waals surface area contributed by atoms with E-state index in [1.165, 1.54) is 4.57 Å². The first-order chi connectivity index (χ1) is 15.5. The molecular formula is C27H20N2O3. The molecule has 1 aromatic heterocycles. The van der Waals surface area contributed by atoms with E-state index in [4.69, 9.17) is 9.73 Å². The normalized spacial score (nSPS) is 12.1. The van der Waals surface area contributed by atoms with E-state index in [0.717, 1.165) is 49.8 Å². The molecule has 0 saturated heterocycles. The fraction of sp³-hybridized carbons (Fsp3) is 0.111. The highest BCUT2D eigenvalue weighted by Gasteiger charge is 2.24. The average Bonchev–Trinajstić information content (AvgIpc) is 3.17. The largest absolute Gasteiger partial charge is 0.497 e. The standard InChI is InChI=1S/C27H20N2O3/c1-14-6-4-7-15(2)25(14)29-26(30)18-9-5-8-17-23(18)21(27(29)31)13-20-19-12-16(32-3)10-11-22(19)28-24(17)20/h4-13,31H,1-3H3. The van der Waals surface area contributed by atoms with Crippen molar-refractivity contribution in [1.82, 2.24) is 4.57 Å². The van der Waals surface area contributed by atoms with Gasteiger partial charge in [0.25, 0.3) is 5.56 Å². The summed E-state index contributed by atoms with van der Waals surface area (Å²) in [5, 5.41) is 15.0. The predicted molar refractivity (Wildman–Crippen MR) is 127 cm³/mol. The zero-order valence-electron chi connectivity index (χ0n) is 17.9. The highest BCUT2D eigenvalue weighted by molar-refractivity contribution is 6.14. The van der Waals surface area contributed by atoms with Crippen LogP contribution in [0.3, 0.4) is 0 Å². The SMILES string of the molecule is COc1ccc2c(c1)-c1cc3c(O)n(-c4c(C)cccc4C)c(=O)c4cccc(c1=N2)c34. The summed E-state index contributed by atoms with van der Waals surface area (Å²) in [7, 11) is 1.64. The number of benzene rings is 4. The molecule has 156 valence electrons. The van der Waals surface area contributed by atoms with E-state index in [0.29, 0.717) is 16.5 Å². The van der Waals surface area contributed by atoms with E-state index in [-0.39, 0.29) is 11.4 Å². The number of para-hydroxylation sites is 1. The monoisotopic (exact) mass is 420 g/mol. The van der Waals surface area contributed by atoms with Crippen LogP contribution in [0.4, 0.5) is 5.69 Å². The number of ether oxygens (including phenoxy) is 1. The lowest BCUT2D eigenvalue weighted by Gasteiger charge is -2.18. The summed E-state index contributed by atoms with van der Waals surface area (Å²) in [5.74, 6) is 0.685. The molecule has 0 atom stereocenters. The first-order valence-corrected chi connectivity index (χ1v) is 10.5. The highest BCUT2D eigenvalue weighted by atomic mass is 16.5. The van der Waals surface area contributed by atoms with Crippen LogP contribution in [-0.2, 0) is 0 Å². The van der Waals surface area contributed by atoms with Crippen LogP contribution in [0.5, 0.6) is 11.6 Å². The Labute approximate surface area is 183 Å². The third-order valence-corrected chi connectivity index (χ3v) is 6.41. The second-order valence-corrected chi connectivity index (χ2v) is 8.25. The van der Waals surface area contributed by atoms with Crippen molar-refractivity contribution in [3.63, 3.8) is 0 Å². The average molecular weight is 420 g/mol. The van der Waals surface area contributed by atoms with E-state index in [1.54, 1.807) is 7.11 Å². The van der Waals surface area contributed by atoms with Crippen LogP contribution < -0.4 is 15.7 Å². The molecule has 2 heterocycles. The van der Waals surface area contributed by atoms with Gasteiger partial charge in [0.2, 0.25) is 5.88 Å². The van der Waals surface area contributed by atoms with Crippen LogP contribution in [0.15, 0.2) is 70.5 Å². The Morgan fingerprint density at radius 3 is 2.34 bits per heavy atom. The number of aryl methyl sites for hydroxylation is 2. The minimum Gasteiger partial charge on any atom is -0.497 e. The lowest BCUT2D eigenvalue weighted by molar-refractivity contribution is 0.415. The Hall–Kier alpha value is -4.12. The Balaban J connectivity index is 1.81. The molecule has 0 fully saturated rings. The minimum atomic E-state index is -0.241. The number of rotatable bonds is 2. The molecule has 5 nitrogen and oxygen atoms in total. The molecule has 0 aliphatic carbocycles. The zero-order valence-corrected chi connectivity index (χ0v) is 17.9. The number of aromatic hydroxyl groups is 1. The van der Waals surface area contributed by atoms with Gasteiger partial charge in [-0.1, -0.05) is 30.3 Å². The highest BCUT2D eigenvalue weighted by Crippen LogP contribution is 2.41. The molecule has 1 N–H and O–H groups in total. The van der Waals surface area contributed by atoms with Crippen LogP contribution >= 0.6 is 0 Å².